The molecule has 0 aliphatic rings. The van der Waals surface area contributed by atoms with Crippen LogP contribution in [0.15, 0.2) is 59.5 Å². The van der Waals surface area contributed by atoms with Crippen LogP contribution in [0.5, 0.6) is 0 Å². The average molecular weight is 460 g/mol. The highest BCUT2D eigenvalue weighted by molar-refractivity contribution is 5.95. The number of rotatable bonds is 4. The van der Waals surface area contributed by atoms with Crippen LogP contribution in [0.3, 0.4) is 0 Å². The van der Waals surface area contributed by atoms with Crippen molar-refractivity contribution < 1.29 is 26.4 Å². The summed E-state index contributed by atoms with van der Waals surface area (Å²) in [6.45, 7) is 0. The molecule has 0 atom stereocenters. The lowest BCUT2D eigenvalue weighted by Crippen LogP contribution is -2.34. The minimum absolute atomic E-state index is 0.0607. The van der Waals surface area contributed by atoms with Crippen LogP contribution >= 0.6 is 0 Å². The van der Waals surface area contributed by atoms with E-state index in [0.29, 0.717) is 16.6 Å². The first-order valence-corrected chi connectivity index (χ1v) is 9.51. The number of nitrogens with one attached hydrogen (secondary N) is 1. The largest absolute Gasteiger partial charge is 0.459 e. The highest BCUT2D eigenvalue weighted by atomic mass is 19.4. The summed E-state index contributed by atoms with van der Waals surface area (Å²) in [5.74, 6) is -5.11. The molecule has 12 heteroatoms. The van der Waals surface area contributed by atoms with E-state index in [1.54, 1.807) is 43.4 Å². The number of halogens is 5. The molecule has 1 aromatic carbocycles. The van der Waals surface area contributed by atoms with Crippen LogP contribution in [0.25, 0.3) is 39.4 Å². The van der Waals surface area contributed by atoms with Gasteiger partial charge in [0.15, 0.2) is 0 Å². The fourth-order valence-corrected chi connectivity index (χ4v) is 3.50. The van der Waals surface area contributed by atoms with Crippen LogP contribution in [0, 0.1) is 0 Å². The maximum atomic E-state index is 14.4. The molecule has 0 unspecified atom stereocenters. The molecular weight excluding hydrogens is 447 g/mol. The molecule has 0 fully saturated rings. The SMILES string of the molecule is CNc1cccc(-c2cc(C(F)(F)C(F)(F)F)nc3c2ccc2nc(-c4nnco4)cn23)c1. The number of fused-ring (bicyclic) bond motifs is 3. The molecule has 1 N–H and O–H groups in total. The minimum Gasteiger partial charge on any atom is -0.422 e. The standard InChI is InChI=1S/C21H13F5N6O/c1-27-12-4-2-3-11(7-12)14-8-16(20(22,23)21(24,25)26)30-18-13(14)5-6-17-29-15(9-32(17)18)19-31-28-10-33-19/h2-10,27H,1H3. The summed E-state index contributed by atoms with van der Waals surface area (Å²) in [5, 5.41) is 10.6. The second kappa shape index (κ2) is 7.22. The van der Waals surface area contributed by atoms with E-state index in [2.05, 4.69) is 25.5 Å². The molecule has 0 amide bonds. The summed E-state index contributed by atoms with van der Waals surface area (Å²) < 4.78 is 74.9. The molecule has 5 aromatic rings. The molecule has 4 heterocycles. The normalized spacial score (nSPS) is 12.5. The van der Waals surface area contributed by atoms with Crippen molar-refractivity contribution in [1.82, 2.24) is 24.6 Å². The third kappa shape index (κ3) is 3.34. The predicted molar refractivity (Wildman–Crippen MR) is 109 cm³/mol. The lowest BCUT2D eigenvalue weighted by molar-refractivity contribution is -0.290. The van der Waals surface area contributed by atoms with Gasteiger partial charge in [-0.05, 0) is 41.5 Å². The van der Waals surface area contributed by atoms with Crippen LogP contribution in [0.1, 0.15) is 5.69 Å². The Bertz CT molecular complexity index is 1480. The second-order valence-corrected chi connectivity index (χ2v) is 7.13. The minimum atomic E-state index is -5.82. The summed E-state index contributed by atoms with van der Waals surface area (Å²) in [5.41, 5.74) is 0.170. The number of hydrogen-bond donors (Lipinski definition) is 1. The van der Waals surface area contributed by atoms with Crippen LogP contribution in [-0.2, 0) is 5.92 Å². The van der Waals surface area contributed by atoms with E-state index < -0.39 is 17.8 Å². The Kier molecular flexibility index (Phi) is 4.55. The number of pyridine rings is 2. The van der Waals surface area contributed by atoms with Gasteiger partial charge in [-0.15, -0.1) is 10.2 Å². The summed E-state index contributed by atoms with van der Waals surface area (Å²) >= 11 is 0. The first-order chi connectivity index (χ1) is 15.7. The lowest BCUT2D eigenvalue weighted by Gasteiger charge is -2.21. The van der Waals surface area contributed by atoms with E-state index >= 15 is 0 Å². The molecule has 33 heavy (non-hydrogen) atoms. The number of imidazole rings is 1. The van der Waals surface area contributed by atoms with Crippen LogP contribution in [0.2, 0.25) is 0 Å². The molecule has 7 nitrogen and oxygen atoms in total. The van der Waals surface area contributed by atoms with Gasteiger partial charge in [-0.3, -0.25) is 4.40 Å². The number of benzene rings is 1. The molecule has 168 valence electrons. The maximum Gasteiger partial charge on any atom is 0.459 e. The Morgan fingerprint density at radius 2 is 1.82 bits per heavy atom. The first-order valence-electron chi connectivity index (χ1n) is 9.51. The zero-order valence-electron chi connectivity index (χ0n) is 16.7. The van der Waals surface area contributed by atoms with Gasteiger partial charge >= 0.3 is 12.1 Å². The molecule has 0 radical (unpaired) electrons. The van der Waals surface area contributed by atoms with E-state index in [1.807, 2.05) is 0 Å². The average Bonchev–Trinajstić information content (AvgIpc) is 3.47. The fraction of sp³-hybridized carbons (Fsp3) is 0.143. The van der Waals surface area contributed by atoms with Gasteiger partial charge in [0.1, 0.15) is 22.7 Å². The molecule has 0 aliphatic carbocycles. The van der Waals surface area contributed by atoms with Gasteiger partial charge in [0.25, 0.3) is 5.89 Å². The molecule has 0 saturated heterocycles. The van der Waals surface area contributed by atoms with Crippen LogP contribution in [-0.4, -0.2) is 37.8 Å². The van der Waals surface area contributed by atoms with Gasteiger partial charge in [-0.2, -0.15) is 22.0 Å². The predicted octanol–water partition coefficient (Wildman–Crippen LogP) is 5.30. The van der Waals surface area contributed by atoms with Crippen LogP contribution < -0.4 is 5.32 Å². The highest BCUT2D eigenvalue weighted by Gasteiger charge is 2.60. The van der Waals surface area contributed by atoms with E-state index in [9.17, 15) is 22.0 Å². The molecule has 0 saturated carbocycles. The monoisotopic (exact) mass is 460 g/mol. The van der Waals surface area contributed by atoms with Gasteiger partial charge in [0.2, 0.25) is 6.39 Å². The fourth-order valence-electron chi connectivity index (χ4n) is 3.50. The molecule has 0 bridgehead atoms. The number of nitrogens with zero attached hydrogens (tertiary/aromatic N) is 5. The van der Waals surface area contributed by atoms with E-state index in [0.717, 1.165) is 12.5 Å². The molecular formula is C21H13F5N6O. The topological polar surface area (TPSA) is 81.1 Å². The Morgan fingerprint density at radius 1 is 1.00 bits per heavy atom. The molecule has 0 aliphatic heterocycles. The number of alkyl halides is 5. The third-order valence-electron chi connectivity index (χ3n) is 5.12. The van der Waals surface area contributed by atoms with Gasteiger partial charge in [-0.25, -0.2) is 9.97 Å². The summed E-state index contributed by atoms with van der Waals surface area (Å²) in [6.07, 6.45) is -3.35. The van der Waals surface area contributed by atoms with Gasteiger partial charge in [0, 0.05) is 24.3 Å². The number of aromatic nitrogens is 5. The van der Waals surface area contributed by atoms with Gasteiger partial charge in [-0.1, -0.05) is 12.1 Å². The van der Waals surface area contributed by atoms with Crippen molar-refractivity contribution in [2.45, 2.75) is 12.1 Å². The van der Waals surface area contributed by atoms with Gasteiger partial charge < -0.3 is 9.73 Å². The smallest absolute Gasteiger partial charge is 0.422 e. The lowest BCUT2D eigenvalue weighted by atomic mass is 9.99. The van der Waals surface area contributed by atoms with E-state index in [1.165, 1.54) is 10.6 Å². The summed E-state index contributed by atoms with van der Waals surface area (Å²) in [4.78, 5) is 8.02. The van der Waals surface area contributed by atoms with Crippen molar-refractivity contribution in [3.8, 4) is 22.7 Å². The highest BCUT2D eigenvalue weighted by Crippen LogP contribution is 2.45. The molecule has 4 aromatic heterocycles. The van der Waals surface area contributed by atoms with E-state index in [4.69, 9.17) is 4.42 Å². The zero-order chi connectivity index (χ0) is 23.4. The van der Waals surface area contributed by atoms with Crippen molar-refractivity contribution in [3.63, 3.8) is 0 Å². The van der Waals surface area contributed by atoms with Crippen molar-refractivity contribution >= 4 is 22.4 Å². The van der Waals surface area contributed by atoms with Crippen molar-refractivity contribution in [3.05, 3.63) is 60.7 Å². The van der Waals surface area contributed by atoms with E-state index in [-0.39, 0.29) is 28.4 Å². The molecule has 0 spiro atoms. The number of hydrogen-bond acceptors (Lipinski definition) is 6. The maximum absolute atomic E-state index is 14.4. The zero-order valence-corrected chi connectivity index (χ0v) is 16.7. The Labute approximate surface area is 181 Å². The quantitative estimate of drug-likeness (QED) is 0.367. The van der Waals surface area contributed by atoms with Crippen molar-refractivity contribution in [1.29, 1.82) is 0 Å². The molecule has 5 rings (SSSR count). The third-order valence-corrected chi connectivity index (χ3v) is 5.12. The van der Waals surface area contributed by atoms with Crippen molar-refractivity contribution in [2.24, 2.45) is 0 Å². The van der Waals surface area contributed by atoms with Gasteiger partial charge in [0.05, 0.1) is 0 Å². The summed E-state index contributed by atoms with van der Waals surface area (Å²) in [7, 11) is 1.67. The number of anilines is 1. The first kappa shape index (κ1) is 20.8. The Balaban J connectivity index is 1.85. The second-order valence-electron chi connectivity index (χ2n) is 7.13. The van der Waals surface area contributed by atoms with Crippen molar-refractivity contribution in [2.75, 3.05) is 12.4 Å². The van der Waals surface area contributed by atoms with Crippen LogP contribution in [0.4, 0.5) is 27.6 Å². The summed E-state index contributed by atoms with van der Waals surface area (Å²) in [6, 6.07) is 10.6. The Hall–Kier alpha value is -4.09. The Morgan fingerprint density at radius 3 is 2.52 bits per heavy atom.